The smallest absolute Gasteiger partial charge is 0.416 e. The number of carbonyl (C=O) groups is 1. The number of anilines is 1. The van der Waals surface area contributed by atoms with Crippen LogP contribution < -0.4 is 10.1 Å². The first-order chi connectivity index (χ1) is 12.8. The molecule has 144 valence electrons. The van der Waals surface area contributed by atoms with E-state index in [1.165, 1.54) is 18.3 Å². The maximum atomic E-state index is 12.6. The number of urea groups is 1. The van der Waals surface area contributed by atoms with Crippen molar-refractivity contribution in [3.8, 4) is 5.75 Å². The van der Waals surface area contributed by atoms with Gasteiger partial charge in [-0.2, -0.15) is 13.2 Å². The molecule has 0 spiro atoms. The van der Waals surface area contributed by atoms with Gasteiger partial charge in [0.25, 0.3) is 0 Å². The van der Waals surface area contributed by atoms with Crippen LogP contribution in [-0.2, 0) is 6.18 Å². The Labute approximate surface area is 159 Å². The lowest BCUT2D eigenvalue weighted by atomic mass is 10.1. The monoisotopic (exact) mass is 399 g/mol. The number of nitrogens with one attached hydrogen (secondary N) is 1. The number of ether oxygens (including phenoxy) is 1. The molecule has 1 aliphatic rings. The second-order valence-electron chi connectivity index (χ2n) is 6.12. The molecule has 2 heterocycles. The van der Waals surface area contributed by atoms with Crippen LogP contribution in [0.3, 0.4) is 0 Å². The molecule has 1 aromatic heterocycles. The van der Waals surface area contributed by atoms with E-state index in [4.69, 9.17) is 16.3 Å². The lowest BCUT2D eigenvalue weighted by molar-refractivity contribution is -0.137. The van der Waals surface area contributed by atoms with Gasteiger partial charge in [-0.15, -0.1) is 0 Å². The number of benzene rings is 1. The van der Waals surface area contributed by atoms with Crippen molar-refractivity contribution in [1.82, 2.24) is 9.88 Å². The van der Waals surface area contributed by atoms with Crippen LogP contribution in [0.25, 0.3) is 0 Å². The van der Waals surface area contributed by atoms with Gasteiger partial charge in [0.05, 0.1) is 5.56 Å². The maximum Gasteiger partial charge on any atom is 0.416 e. The highest BCUT2D eigenvalue weighted by Crippen LogP contribution is 2.30. The molecule has 5 nitrogen and oxygen atoms in total. The van der Waals surface area contributed by atoms with Crippen molar-refractivity contribution in [3.63, 3.8) is 0 Å². The highest BCUT2D eigenvalue weighted by Gasteiger charge is 2.30. The number of pyridine rings is 1. The van der Waals surface area contributed by atoms with Gasteiger partial charge in [0.15, 0.2) is 0 Å². The molecule has 3 rings (SSSR count). The first kappa shape index (κ1) is 19.3. The SMILES string of the molecule is O=C(Nc1ccc(C(F)(F)F)cc1)N1CCC(Oc2ccncc2Cl)CC1. The number of hydrogen-bond donors (Lipinski definition) is 1. The van der Waals surface area contributed by atoms with E-state index in [9.17, 15) is 18.0 Å². The second kappa shape index (κ2) is 8.04. The van der Waals surface area contributed by atoms with Gasteiger partial charge in [-0.05, 0) is 24.3 Å². The van der Waals surface area contributed by atoms with E-state index in [1.807, 2.05) is 0 Å². The predicted octanol–water partition coefficient (Wildman–Crippen LogP) is 4.83. The summed E-state index contributed by atoms with van der Waals surface area (Å²) in [6.07, 6.45) is -0.127. The first-order valence-corrected chi connectivity index (χ1v) is 8.70. The van der Waals surface area contributed by atoms with Gasteiger partial charge in [-0.3, -0.25) is 4.98 Å². The summed E-state index contributed by atoms with van der Waals surface area (Å²) in [6, 6.07) is 5.69. The van der Waals surface area contributed by atoms with E-state index in [-0.39, 0.29) is 12.1 Å². The van der Waals surface area contributed by atoms with Crippen molar-refractivity contribution in [1.29, 1.82) is 0 Å². The molecule has 1 aromatic carbocycles. The molecule has 0 bridgehead atoms. The number of piperidine rings is 1. The number of carbonyl (C=O) groups excluding carboxylic acids is 1. The second-order valence-corrected chi connectivity index (χ2v) is 6.52. The van der Waals surface area contributed by atoms with Crippen LogP contribution in [-0.4, -0.2) is 35.1 Å². The van der Waals surface area contributed by atoms with Crippen LogP contribution in [0.1, 0.15) is 18.4 Å². The van der Waals surface area contributed by atoms with Gasteiger partial charge in [0, 0.05) is 50.1 Å². The predicted molar refractivity (Wildman–Crippen MR) is 94.9 cm³/mol. The van der Waals surface area contributed by atoms with Gasteiger partial charge < -0.3 is 15.0 Å². The third-order valence-electron chi connectivity index (χ3n) is 4.22. The molecule has 1 N–H and O–H groups in total. The van der Waals surface area contributed by atoms with Crippen LogP contribution in [0.15, 0.2) is 42.7 Å². The van der Waals surface area contributed by atoms with Crippen LogP contribution >= 0.6 is 11.6 Å². The van der Waals surface area contributed by atoms with Gasteiger partial charge >= 0.3 is 12.2 Å². The number of nitrogens with zero attached hydrogens (tertiary/aromatic N) is 2. The van der Waals surface area contributed by atoms with Crippen molar-refractivity contribution in [2.24, 2.45) is 0 Å². The molecular formula is C18H17ClF3N3O2. The maximum absolute atomic E-state index is 12.6. The van der Waals surface area contributed by atoms with E-state index in [0.717, 1.165) is 12.1 Å². The highest BCUT2D eigenvalue weighted by molar-refractivity contribution is 6.31. The Bertz CT molecular complexity index is 791. The molecule has 0 aliphatic carbocycles. The molecule has 0 unspecified atom stereocenters. The van der Waals surface area contributed by atoms with E-state index in [0.29, 0.717) is 42.4 Å². The van der Waals surface area contributed by atoms with Crippen LogP contribution in [0, 0.1) is 0 Å². The molecule has 1 fully saturated rings. The molecular weight excluding hydrogens is 383 g/mol. The third-order valence-corrected chi connectivity index (χ3v) is 4.51. The lowest BCUT2D eigenvalue weighted by Crippen LogP contribution is -2.43. The van der Waals surface area contributed by atoms with Crippen molar-refractivity contribution in [2.45, 2.75) is 25.1 Å². The Morgan fingerprint density at radius 2 is 1.85 bits per heavy atom. The normalized spacial score (nSPS) is 15.5. The topological polar surface area (TPSA) is 54.5 Å². The molecule has 0 saturated carbocycles. The number of halogens is 4. The largest absolute Gasteiger partial charge is 0.489 e. The fourth-order valence-electron chi connectivity index (χ4n) is 2.76. The van der Waals surface area contributed by atoms with E-state index in [2.05, 4.69) is 10.3 Å². The summed E-state index contributed by atoms with van der Waals surface area (Å²) in [6.45, 7) is 0.944. The summed E-state index contributed by atoms with van der Waals surface area (Å²) in [5, 5.41) is 3.04. The van der Waals surface area contributed by atoms with E-state index >= 15 is 0 Å². The van der Waals surface area contributed by atoms with E-state index in [1.54, 1.807) is 17.2 Å². The lowest BCUT2D eigenvalue weighted by Gasteiger charge is -2.32. The van der Waals surface area contributed by atoms with E-state index < -0.39 is 11.7 Å². The summed E-state index contributed by atoms with van der Waals surface area (Å²) in [7, 11) is 0. The van der Waals surface area contributed by atoms with Crippen LogP contribution in [0.2, 0.25) is 5.02 Å². The van der Waals surface area contributed by atoms with Gasteiger partial charge in [-0.1, -0.05) is 11.6 Å². The number of aromatic nitrogens is 1. The number of alkyl halides is 3. The molecule has 1 saturated heterocycles. The minimum Gasteiger partial charge on any atom is -0.489 e. The van der Waals surface area contributed by atoms with Crippen molar-refractivity contribution in [2.75, 3.05) is 18.4 Å². The Morgan fingerprint density at radius 3 is 2.44 bits per heavy atom. The zero-order valence-electron chi connectivity index (χ0n) is 14.2. The average Bonchev–Trinajstić information content (AvgIpc) is 2.64. The molecule has 2 aromatic rings. The summed E-state index contributed by atoms with van der Waals surface area (Å²) in [5.41, 5.74) is -0.442. The Morgan fingerprint density at radius 1 is 1.19 bits per heavy atom. The van der Waals surface area contributed by atoms with Crippen molar-refractivity contribution < 1.29 is 22.7 Å². The zero-order chi connectivity index (χ0) is 19.4. The summed E-state index contributed by atoms with van der Waals surface area (Å²) in [5.74, 6) is 0.555. The molecule has 2 amide bonds. The Kier molecular flexibility index (Phi) is 5.74. The minimum atomic E-state index is -4.40. The standard InChI is InChI=1S/C18H17ClF3N3O2/c19-15-11-23-8-5-16(15)27-14-6-9-25(10-7-14)17(26)24-13-3-1-12(2-4-13)18(20,21)22/h1-5,8,11,14H,6-7,9-10H2,(H,24,26). The van der Waals surface area contributed by atoms with Crippen LogP contribution in [0.4, 0.5) is 23.7 Å². The number of rotatable bonds is 3. The minimum absolute atomic E-state index is 0.0694. The molecule has 9 heteroatoms. The fraction of sp³-hybridized carbons (Fsp3) is 0.333. The summed E-state index contributed by atoms with van der Waals surface area (Å²) >= 11 is 6.02. The number of amides is 2. The van der Waals surface area contributed by atoms with Gasteiger partial charge in [-0.25, -0.2) is 4.79 Å². The third kappa shape index (κ3) is 5.03. The Balaban J connectivity index is 1.50. The molecule has 0 atom stereocenters. The van der Waals surface area contributed by atoms with Gasteiger partial charge in [0.1, 0.15) is 16.9 Å². The summed E-state index contributed by atoms with van der Waals surface area (Å²) < 4.78 is 43.6. The first-order valence-electron chi connectivity index (χ1n) is 8.32. The summed E-state index contributed by atoms with van der Waals surface area (Å²) in [4.78, 5) is 17.8. The fourth-order valence-corrected chi connectivity index (χ4v) is 2.92. The highest BCUT2D eigenvalue weighted by atomic mass is 35.5. The number of likely N-dealkylation sites (tertiary alicyclic amines) is 1. The molecule has 0 radical (unpaired) electrons. The Hall–Kier alpha value is -2.48. The molecule has 1 aliphatic heterocycles. The average molecular weight is 400 g/mol. The van der Waals surface area contributed by atoms with Crippen molar-refractivity contribution >= 4 is 23.3 Å². The quantitative estimate of drug-likeness (QED) is 0.804. The van der Waals surface area contributed by atoms with Crippen molar-refractivity contribution in [3.05, 3.63) is 53.3 Å². The van der Waals surface area contributed by atoms with Crippen LogP contribution in [0.5, 0.6) is 5.75 Å². The zero-order valence-corrected chi connectivity index (χ0v) is 14.9. The molecule has 27 heavy (non-hydrogen) atoms. The van der Waals surface area contributed by atoms with Gasteiger partial charge in [0.2, 0.25) is 0 Å². The number of hydrogen-bond acceptors (Lipinski definition) is 3.